The molecule has 0 aromatic carbocycles. The number of hydrogen-bond donors (Lipinski definition) is 0. The summed E-state index contributed by atoms with van der Waals surface area (Å²) in [6, 6.07) is 4.52. The van der Waals surface area contributed by atoms with Crippen molar-refractivity contribution in [1.29, 1.82) is 0 Å². The summed E-state index contributed by atoms with van der Waals surface area (Å²) < 4.78 is 3.16. The standard InChI is InChI=1S/C13H19PS2/c1-9(2)8-11-5-7-13(16-11)14-12-6-4-10(3)15-12/h4,6-7,9,11,14H,5,8H2,1-3H3. The van der Waals surface area contributed by atoms with Crippen LogP contribution in [0.3, 0.4) is 0 Å². The second-order valence-corrected chi connectivity index (χ2v) is 9.39. The van der Waals surface area contributed by atoms with Gasteiger partial charge in [-0.05, 0) is 46.4 Å². The normalized spacial score (nSPS) is 21.2. The Morgan fingerprint density at radius 1 is 1.44 bits per heavy atom. The predicted octanol–water partition coefficient (Wildman–Crippen LogP) is 4.75. The van der Waals surface area contributed by atoms with Gasteiger partial charge in [-0.15, -0.1) is 23.1 Å². The Morgan fingerprint density at radius 2 is 2.25 bits per heavy atom. The second kappa shape index (κ2) is 5.71. The van der Waals surface area contributed by atoms with Crippen molar-refractivity contribution in [2.45, 2.75) is 38.9 Å². The van der Waals surface area contributed by atoms with Crippen LogP contribution >= 0.6 is 31.7 Å². The van der Waals surface area contributed by atoms with E-state index < -0.39 is 0 Å². The van der Waals surface area contributed by atoms with Crippen LogP contribution < -0.4 is 4.62 Å². The van der Waals surface area contributed by atoms with Gasteiger partial charge in [0.15, 0.2) is 0 Å². The third-order valence-corrected chi connectivity index (χ3v) is 6.67. The third-order valence-electron chi connectivity index (χ3n) is 2.58. The zero-order chi connectivity index (χ0) is 11.5. The summed E-state index contributed by atoms with van der Waals surface area (Å²) in [6.45, 7) is 6.84. The molecule has 0 radical (unpaired) electrons. The van der Waals surface area contributed by atoms with E-state index in [9.17, 15) is 0 Å². The molecule has 2 atom stereocenters. The van der Waals surface area contributed by atoms with Crippen molar-refractivity contribution in [3.05, 3.63) is 27.7 Å². The number of rotatable bonds is 4. The van der Waals surface area contributed by atoms with Crippen LogP contribution in [0, 0.1) is 12.8 Å². The van der Waals surface area contributed by atoms with E-state index in [1.165, 1.54) is 17.7 Å². The van der Waals surface area contributed by atoms with Crippen LogP contribution in [0.4, 0.5) is 0 Å². The van der Waals surface area contributed by atoms with E-state index in [0.717, 1.165) is 19.7 Å². The highest BCUT2D eigenvalue weighted by atomic mass is 32.2. The zero-order valence-corrected chi connectivity index (χ0v) is 12.8. The molecule has 0 amide bonds. The molecular weight excluding hydrogens is 251 g/mol. The molecule has 16 heavy (non-hydrogen) atoms. The van der Waals surface area contributed by atoms with E-state index in [0.29, 0.717) is 0 Å². The van der Waals surface area contributed by atoms with E-state index in [1.807, 2.05) is 11.3 Å². The zero-order valence-electron chi connectivity index (χ0n) is 10.1. The minimum atomic E-state index is 0.831. The largest absolute Gasteiger partial charge is 0.141 e. The van der Waals surface area contributed by atoms with Crippen molar-refractivity contribution < 1.29 is 0 Å². The first-order chi connectivity index (χ1) is 7.63. The van der Waals surface area contributed by atoms with E-state index >= 15 is 0 Å². The molecule has 0 bridgehead atoms. The summed E-state index contributed by atoms with van der Waals surface area (Å²) in [7, 11) is 0.904. The topological polar surface area (TPSA) is 0 Å². The van der Waals surface area contributed by atoms with E-state index in [-0.39, 0.29) is 0 Å². The van der Waals surface area contributed by atoms with Crippen LogP contribution in [-0.4, -0.2) is 5.25 Å². The van der Waals surface area contributed by atoms with Gasteiger partial charge in [-0.25, -0.2) is 0 Å². The lowest BCUT2D eigenvalue weighted by molar-refractivity contribution is 0.573. The highest BCUT2D eigenvalue weighted by Gasteiger charge is 2.19. The van der Waals surface area contributed by atoms with Crippen molar-refractivity contribution in [2.24, 2.45) is 5.92 Å². The molecule has 1 aromatic heterocycles. The number of thiophene rings is 1. The van der Waals surface area contributed by atoms with E-state index in [2.05, 4.69) is 50.7 Å². The van der Waals surface area contributed by atoms with Crippen LogP contribution in [-0.2, 0) is 0 Å². The molecule has 2 rings (SSSR count). The molecule has 2 heterocycles. The van der Waals surface area contributed by atoms with Gasteiger partial charge in [0.05, 0.1) is 0 Å². The summed E-state index contributed by atoms with van der Waals surface area (Å²) in [5.74, 6) is 0.831. The highest BCUT2D eigenvalue weighted by molar-refractivity contribution is 8.10. The Labute approximate surface area is 109 Å². The summed E-state index contributed by atoms with van der Waals surface area (Å²) in [5, 5.41) is 0.851. The summed E-state index contributed by atoms with van der Waals surface area (Å²) in [6.07, 6.45) is 5.11. The SMILES string of the molecule is Cc1ccc(PC2=CCC(CC(C)C)S2)s1. The predicted molar refractivity (Wildman–Crippen MR) is 80.5 cm³/mol. The molecule has 0 N–H and O–H groups in total. The molecule has 1 aliphatic heterocycles. The van der Waals surface area contributed by atoms with Gasteiger partial charge < -0.3 is 0 Å². The molecule has 1 aromatic rings. The minimum absolute atomic E-state index is 0.831. The lowest BCUT2D eigenvalue weighted by atomic mass is 10.1. The van der Waals surface area contributed by atoms with Gasteiger partial charge in [-0.2, -0.15) is 0 Å². The maximum atomic E-state index is 2.46. The van der Waals surface area contributed by atoms with Crippen molar-refractivity contribution in [3.63, 3.8) is 0 Å². The lowest BCUT2D eigenvalue weighted by Gasteiger charge is -2.11. The van der Waals surface area contributed by atoms with E-state index in [4.69, 9.17) is 0 Å². The molecule has 1 aliphatic rings. The first kappa shape index (κ1) is 12.7. The average Bonchev–Trinajstić information content (AvgIpc) is 2.76. The molecule has 0 nitrogen and oxygen atoms in total. The van der Waals surface area contributed by atoms with Crippen molar-refractivity contribution in [3.8, 4) is 0 Å². The maximum absolute atomic E-state index is 2.46. The van der Waals surface area contributed by atoms with Crippen LogP contribution in [0.5, 0.6) is 0 Å². The fourth-order valence-corrected chi connectivity index (χ4v) is 6.64. The quantitative estimate of drug-likeness (QED) is 0.711. The van der Waals surface area contributed by atoms with Crippen LogP contribution in [0.15, 0.2) is 22.9 Å². The number of hydrogen-bond acceptors (Lipinski definition) is 2. The summed E-state index contributed by atoms with van der Waals surface area (Å²) >= 11 is 4.07. The number of aryl methyl sites for hydroxylation is 1. The molecule has 0 saturated carbocycles. The number of allylic oxidation sites excluding steroid dienone is 1. The van der Waals surface area contributed by atoms with Crippen LogP contribution in [0.25, 0.3) is 0 Å². The number of thioether (sulfide) groups is 1. The Bertz CT molecular complexity index is 379. The molecular formula is C13H19PS2. The maximum Gasteiger partial charge on any atom is 0.0300 e. The van der Waals surface area contributed by atoms with Gasteiger partial charge in [0.2, 0.25) is 0 Å². The van der Waals surface area contributed by atoms with E-state index in [1.54, 1.807) is 9.26 Å². The fourth-order valence-electron chi connectivity index (χ4n) is 1.89. The van der Waals surface area contributed by atoms with Crippen LogP contribution in [0.2, 0.25) is 0 Å². The van der Waals surface area contributed by atoms with Crippen molar-refractivity contribution in [2.75, 3.05) is 0 Å². The molecule has 2 unspecified atom stereocenters. The fraction of sp³-hybridized carbons (Fsp3) is 0.538. The van der Waals surface area contributed by atoms with Gasteiger partial charge in [0.1, 0.15) is 0 Å². The Balaban J connectivity index is 1.85. The van der Waals surface area contributed by atoms with Gasteiger partial charge >= 0.3 is 0 Å². The molecule has 3 heteroatoms. The van der Waals surface area contributed by atoms with Crippen LogP contribution in [0.1, 0.15) is 31.6 Å². The molecule has 0 saturated heterocycles. The summed E-state index contributed by atoms with van der Waals surface area (Å²) in [5.41, 5.74) is 0. The minimum Gasteiger partial charge on any atom is -0.141 e. The average molecular weight is 270 g/mol. The molecule has 88 valence electrons. The van der Waals surface area contributed by atoms with Crippen molar-refractivity contribution >= 4 is 36.3 Å². The van der Waals surface area contributed by atoms with Gasteiger partial charge in [0.25, 0.3) is 0 Å². The van der Waals surface area contributed by atoms with Crippen molar-refractivity contribution in [1.82, 2.24) is 0 Å². The first-order valence-electron chi connectivity index (χ1n) is 5.84. The monoisotopic (exact) mass is 270 g/mol. The first-order valence-corrected chi connectivity index (χ1v) is 8.53. The highest BCUT2D eigenvalue weighted by Crippen LogP contribution is 2.45. The molecule has 0 aliphatic carbocycles. The lowest BCUT2D eigenvalue weighted by Crippen LogP contribution is -2.01. The molecule has 0 spiro atoms. The second-order valence-electron chi connectivity index (χ2n) is 4.71. The van der Waals surface area contributed by atoms with Gasteiger partial charge in [-0.3, -0.25) is 0 Å². The molecule has 0 fully saturated rings. The summed E-state index contributed by atoms with van der Waals surface area (Å²) in [4.78, 5) is 1.44. The van der Waals surface area contributed by atoms with Gasteiger partial charge in [0, 0.05) is 19.4 Å². The Morgan fingerprint density at radius 3 is 2.88 bits per heavy atom. The Kier molecular flexibility index (Phi) is 4.52. The van der Waals surface area contributed by atoms with Gasteiger partial charge in [-0.1, -0.05) is 19.9 Å². The Hall–Kier alpha value is 0.220. The third kappa shape index (κ3) is 3.61. The smallest absolute Gasteiger partial charge is 0.0300 e.